The number of carbonyl (C=O) groups excluding carboxylic acids is 2. The Balaban J connectivity index is 1.37. The molecule has 5 heterocycles. The number of carboxylic acids is 1. The van der Waals surface area contributed by atoms with E-state index >= 15 is 0 Å². The van der Waals surface area contributed by atoms with Gasteiger partial charge in [0.1, 0.15) is 24.2 Å². The summed E-state index contributed by atoms with van der Waals surface area (Å²) >= 11 is 2.22. The predicted molar refractivity (Wildman–Crippen MR) is 125 cm³/mol. The van der Waals surface area contributed by atoms with Crippen LogP contribution in [0.1, 0.15) is 11.5 Å². The second-order valence-corrected chi connectivity index (χ2v) is 9.67. The summed E-state index contributed by atoms with van der Waals surface area (Å²) in [7, 11) is 1.25. The number of anilines is 1. The van der Waals surface area contributed by atoms with Crippen molar-refractivity contribution in [2.75, 3.05) is 18.6 Å². The van der Waals surface area contributed by atoms with Crippen LogP contribution in [0.2, 0.25) is 0 Å². The van der Waals surface area contributed by atoms with Crippen LogP contribution in [-0.4, -0.2) is 82.0 Å². The summed E-state index contributed by atoms with van der Waals surface area (Å²) in [6, 6.07) is 2.70. The Bertz CT molecular complexity index is 1460. The number of nitrogens with zero attached hydrogens (tertiary/aromatic N) is 8. The Labute approximate surface area is 210 Å². The molecule has 0 aliphatic carbocycles. The molecule has 17 heteroatoms. The molecule has 3 aromatic heterocycles. The van der Waals surface area contributed by atoms with Gasteiger partial charge in [0, 0.05) is 33.6 Å². The van der Waals surface area contributed by atoms with Crippen LogP contribution in [0.3, 0.4) is 0 Å². The second kappa shape index (κ2) is 9.15. The number of rotatable bonds is 7. The van der Waals surface area contributed by atoms with Gasteiger partial charge in [-0.15, -0.1) is 11.8 Å². The maximum atomic E-state index is 13.0. The van der Waals surface area contributed by atoms with Crippen molar-refractivity contribution in [1.82, 2.24) is 34.4 Å². The summed E-state index contributed by atoms with van der Waals surface area (Å²) in [6.07, 6.45) is 1.56. The number of oxime groups is 1. The first-order valence-electron chi connectivity index (χ1n) is 10.4. The number of aryl methyl sites for hydroxylation is 1. The van der Waals surface area contributed by atoms with E-state index in [0.29, 0.717) is 17.0 Å². The van der Waals surface area contributed by atoms with Crippen molar-refractivity contribution >= 4 is 57.6 Å². The predicted octanol–water partition coefficient (Wildman–Crippen LogP) is -1.45. The second-order valence-electron chi connectivity index (χ2n) is 7.78. The first-order valence-corrected chi connectivity index (χ1v) is 12.2. The molecule has 2 amide bonds. The summed E-state index contributed by atoms with van der Waals surface area (Å²) < 4.78 is 7.17. The van der Waals surface area contributed by atoms with Crippen molar-refractivity contribution in [3.05, 3.63) is 41.2 Å². The molecule has 15 nitrogen and oxygen atoms in total. The Kier molecular flexibility index (Phi) is 6.00. The van der Waals surface area contributed by atoms with Gasteiger partial charge in [-0.05, 0) is 13.0 Å². The molecule has 4 N–H and O–H groups in total. The number of hydrogen-bond donors (Lipinski definition) is 3. The summed E-state index contributed by atoms with van der Waals surface area (Å²) in [5.74, 6) is -2.25. The van der Waals surface area contributed by atoms with Gasteiger partial charge in [0.05, 0.1) is 17.3 Å². The number of nitrogens with two attached hydrogens (primary N) is 1. The van der Waals surface area contributed by atoms with Gasteiger partial charge in [0.2, 0.25) is 11.5 Å². The van der Waals surface area contributed by atoms with Crippen LogP contribution < -0.4 is 15.6 Å². The van der Waals surface area contributed by atoms with E-state index in [4.69, 9.17) is 10.6 Å². The number of β-lactam (4-membered cyclic amide) rings is 1. The first kappa shape index (κ1) is 23.6. The number of nitrogen functional groups attached to an aromatic ring is 1. The fourth-order valence-corrected chi connectivity index (χ4v) is 5.68. The molecule has 2 aliphatic rings. The number of amides is 2. The minimum Gasteiger partial charge on any atom is -0.477 e. The third kappa shape index (κ3) is 4.01. The molecule has 5 rings (SSSR count). The molecule has 3 aromatic rings. The molecule has 0 unspecified atom stereocenters. The quantitative estimate of drug-likeness (QED) is 0.140. The maximum absolute atomic E-state index is 13.0. The van der Waals surface area contributed by atoms with Crippen LogP contribution in [0, 0.1) is 6.92 Å². The molecule has 36 heavy (non-hydrogen) atoms. The largest absolute Gasteiger partial charge is 0.477 e. The van der Waals surface area contributed by atoms with Crippen LogP contribution in [-0.2, 0) is 25.8 Å². The number of thioether (sulfide) groups is 1. The lowest BCUT2D eigenvalue weighted by Gasteiger charge is -2.49. The van der Waals surface area contributed by atoms with Gasteiger partial charge in [-0.25, -0.2) is 9.36 Å². The molecule has 1 saturated heterocycles. The highest BCUT2D eigenvalue weighted by molar-refractivity contribution is 8.00. The third-order valence-electron chi connectivity index (χ3n) is 5.47. The Morgan fingerprint density at radius 1 is 1.42 bits per heavy atom. The van der Waals surface area contributed by atoms with Crippen LogP contribution >= 0.6 is 23.3 Å². The molecular formula is C19H19N10O5S2+. The SMILES string of the molecule is CO/N=C(/C(=O)N[C@@H]1C(=O)N2C(C(=O)O)=C(C[n+]3cnn4nc(C)ccc43)CS[C@H]12)c1nsc(N)n1. The summed E-state index contributed by atoms with van der Waals surface area (Å²) in [4.78, 5) is 47.9. The molecular weight excluding hydrogens is 512 g/mol. The smallest absolute Gasteiger partial charge is 0.352 e. The molecule has 0 bridgehead atoms. The van der Waals surface area contributed by atoms with Gasteiger partial charge in [-0.2, -0.15) is 9.36 Å². The fourth-order valence-electron chi connectivity index (χ4n) is 3.91. The summed E-state index contributed by atoms with van der Waals surface area (Å²) in [5, 5.41) is 24.2. The van der Waals surface area contributed by atoms with Crippen molar-refractivity contribution in [1.29, 1.82) is 0 Å². The lowest BCUT2D eigenvalue weighted by molar-refractivity contribution is -0.664. The Morgan fingerprint density at radius 2 is 2.22 bits per heavy atom. The lowest BCUT2D eigenvalue weighted by atomic mass is 10.0. The molecule has 1 fully saturated rings. The van der Waals surface area contributed by atoms with E-state index in [1.807, 2.05) is 19.1 Å². The van der Waals surface area contributed by atoms with Crippen LogP contribution in [0.15, 0.2) is 34.9 Å². The average molecular weight is 532 g/mol. The normalized spacial score (nSPS) is 19.8. The molecule has 0 radical (unpaired) electrons. The van der Waals surface area contributed by atoms with Crippen molar-refractivity contribution in [3.63, 3.8) is 0 Å². The average Bonchev–Trinajstić information content (AvgIpc) is 3.45. The fraction of sp³-hybridized carbons (Fsp3) is 0.316. The van der Waals surface area contributed by atoms with Crippen molar-refractivity contribution in [2.24, 2.45) is 5.16 Å². The van der Waals surface area contributed by atoms with E-state index in [0.717, 1.165) is 17.2 Å². The highest BCUT2D eigenvalue weighted by atomic mass is 32.2. The van der Waals surface area contributed by atoms with Crippen LogP contribution in [0.5, 0.6) is 0 Å². The molecule has 0 spiro atoms. The zero-order valence-electron chi connectivity index (χ0n) is 18.9. The van der Waals surface area contributed by atoms with E-state index in [-0.39, 0.29) is 28.9 Å². The number of aliphatic carboxylic acids is 1. The minimum absolute atomic E-state index is 0.0414. The Morgan fingerprint density at radius 3 is 2.92 bits per heavy atom. The van der Waals surface area contributed by atoms with Gasteiger partial charge in [0.15, 0.2) is 5.13 Å². The summed E-state index contributed by atoms with van der Waals surface area (Å²) in [6.45, 7) is 2.05. The zero-order chi connectivity index (χ0) is 25.6. The van der Waals surface area contributed by atoms with Crippen molar-refractivity contribution in [3.8, 4) is 0 Å². The summed E-state index contributed by atoms with van der Waals surface area (Å²) in [5.41, 5.74) is 7.21. The topological polar surface area (TPSA) is 194 Å². The van der Waals surface area contributed by atoms with Gasteiger partial charge < -0.3 is 21.0 Å². The van der Waals surface area contributed by atoms with Crippen molar-refractivity contribution in [2.45, 2.75) is 24.9 Å². The van der Waals surface area contributed by atoms with Crippen molar-refractivity contribution < 1.29 is 28.9 Å². The number of carbonyl (C=O) groups is 3. The van der Waals surface area contributed by atoms with E-state index < -0.39 is 29.2 Å². The third-order valence-corrected chi connectivity index (χ3v) is 7.36. The van der Waals surface area contributed by atoms with E-state index in [1.165, 1.54) is 28.4 Å². The van der Waals surface area contributed by atoms with E-state index in [9.17, 15) is 19.5 Å². The van der Waals surface area contributed by atoms with E-state index in [1.54, 1.807) is 10.9 Å². The maximum Gasteiger partial charge on any atom is 0.352 e. The molecule has 0 saturated carbocycles. The number of hydrogen-bond acceptors (Lipinski definition) is 12. The van der Waals surface area contributed by atoms with E-state index in [2.05, 4.69) is 30.0 Å². The number of carboxylic acid groups (broad SMARTS) is 1. The first-order chi connectivity index (χ1) is 17.3. The zero-order valence-corrected chi connectivity index (χ0v) is 20.5. The molecule has 186 valence electrons. The standard InChI is InChI=1S/C19H18N10O5S2/c1-8-3-4-10-27(7-21-29(10)24-8)5-9-6-35-17-12(16(31)28(17)13(9)18(32)33)22-15(30)11(25-34-2)14-23-19(20)36-26-14/h3-4,7,12,17H,5-6H2,1-2H3,(H3-,20,22,23,26,30,32,33)/p+1/b25-11+/t12-,17-/m1/s1. The number of fused-ring (bicyclic) bond motifs is 2. The minimum atomic E-state index is -1.23. The lowest BCUT2D eigenvalue weighted by Crippen LogP contribution is -2.71. The van der Waals surface area contributed by atoms with Gasteiger partial charge in [-0.1, -0.05) is 10.3 Å². The van der Waals surface area contributed by atoms with Gasteiger partial charge in [0.25, 0.3) is 23.8 Å². The highest BCUT2D eigenvalue weighted by Gasteiger charge is 2.54. The Hall–Kier alpha value is -4.12. The number of aromatic nitrogens is 6. The molecule has 2 atom stereocenters. The highest BCUT2D eigenvalue weighted by Crippen LogP contribution is 2.40. The monoisotopic (exact) mass is 531 g/mol. The van der Waals surface area contributed by atoms with Gasteiger partial charge in [-0.3, -0.25) is 14.5 Å². The van der Waals surface area contributed by atoms with Crippen LogP contribution in [0.25, 0.3) is 5.65 Å². The van der Waals surface area contributed by atoms with Crippen LogP contribution in [0.4, 0.5) is 5.13 Å². The molecule has 0 aromatic carbocycles. The van der Waals surface area contributed by atoms with Gasteiger partial charge >= 0.3 is 5.97 Å². The molecule has 2 aliphatic heterocycles. The number of nitrogens with one attached hydrogen (secondary N) is 1.